The standard InChI is InChI=1S/C20H19ClN4O3/c1-3-4-18-19(13(2)22-15-7-5-14(21)6-8-15)20(26)24(23-18)16-9-11-17(12-10-16)25(27)28/h5-12,23H,3-4H2,1-2H3. The van der Waals surface area contributed by atoms with Gasteiger partial charge in [-0.3, -0.25) is 25.0 Å². The Kier molecular flexibility index (Phi) is 5.75. The van der Waals surface area contributed by atoms with E-state index in [0.29, 0.717) is 34.1 Å². The van der Waals surface area contributed by atoms with E-state index in [2.05, 4.69) is 10.1 Å². The van der Waals surface area contributed by atoms with E-state index in [1.165, 1.54) is 16.8 Å². The van der Waals surface area contributed by atoms with E-state index >= 15 is 0 Å². The van der Waals surface area contributed by atoms with E-state index in [1.807, 2.05) is 6.92 Å². The summed E-state index contributed by atoms with van der Waals surface area (Å²) in [5.41, 5.74) is 2.83. The van der Waals surface area contributed by atoms with Crippen LogP contribution in [0.4, 0.5) is 11.4 Å². The van der Waals surface area contributed by atoms with Crippen LogP contribution in [0.1, 0.15) is 31.5 Å². The second kappa shape index (κ2) is 8.22. The van der Waals surface area contributed by atoms with Crippen LogP contribution in [0.25, 0.3) is 5.69 Å². The van der Waals surface area contributed by atoms with Crippen molar-refractivity contribution in [2.45, 2.75) is 26.7 Å². The molecule has 0 aliphatic rings. The van der Waals surface area contributed by atoms with E-state index in [1.54, 1.807) is 43.3 Å². The lowest BCUT2D eigenvalue weighted by molar-refractivity contribution is -0.384. The summed E-state index contributed by atoms with van der Waals surface area (Å²) >= 11 is 5.91. The molecule has 0 radical (unpaired) electrons. The summed E-state index contributed by atoms with van der Waals surface area (Å²) in [5.74, 6) is 0. The van der Waals surface area contributed by atoms with E-state index in [0.717, 1.165) is 12.1 Å². The second-order valence-corrected chi connectivity index (χ2v) is 6.74. The molecule has 0 aliphatic heterocycles. The van der Waals surface area contributed by atoms with Crippen LogP contribution < -0.4 is 5.56 Å². The first-order valence-electron chi connectivity index (χ1n) is 8.80. The summed E-state index contributed by atoms with van der Waals surface area (Å²) in [5, 5.41) is 14.6. The van der Waals surface area contributed by atoms with Crippen LogP contribution in [-0.2, 0) is 6.42 Å². The molecule has 144 valence electrons. The SMILES string of the molecule is CCCc1[nH]n(-c2ccc([N+](=O)[O-])cc2)c(=O)c1C(C)=Nc1ccc(Cl)cc1. The van der Waals surface area contributed by atoms with E-state index in [-0.39, 0.29) is 11.2 Å². The van der Waals surface area contributed by atoms with Crippen LogP contribution in [0.5, 0.6) is 0 Å². The van der Waals surface area contributed by atoms with Gasteiger partial charge in [0, 0.05) is 22.8 Å². The molecule has 0 amide bonds. The van der Waals surface area contributed by atoms with E-state index < -0.39 is 4.92 Å². The lowest BCUT2D eigenvalue weighted by Crippen LogP contribution is -2.19. The lowest BCUT2D eigenvalue weighted by atomic mass is 10.1. The molecule has 0 aliphatic carbocycles. The molecular formula is C20H19ClN4O3. The molecule has 28 heavy (non-hydrogen) atoms. The maximum absolute atomic E-state index is 13.1. The molecule has 0 saturated carbocycles. The summed E-state index contributed by atoms with van der Waals surface area (Å²) in [6.45, 7) is 3.81. The molecule has 1 heterocycles. The van der Waals surface area contributed by atoms with Crippen molar-refractivity contribution in [1.29, 1.82) is 0 Å². The molecule has 3 aromatic rings. The van der Waals surface area contributed by atoms with Crippen LogP contribution in [-0.4, -0.2) is 20.4 Å². The molecule has 0 unspecified atom stereocenters. The molecule has 0 spiro atoms. The van der Waals surface area contributed by atoms with Gasteiger partial charge in [-0.15, -0.1) is 0 Å². The number of nitrogens with zero attached hydrogens (tertiary/aromatic N) is 3. The molecule has 0 bridgehead atoms. The molecule has 3 rings (SSSR count). The fraction of sp³-hybridized carbons (Fsp3) is 0.200. The van der Waals surface area contributed by atoms with Gasteiger partial charge in [0.05, 0.1) is 27.6 Å². The number of aromatic amines is 1. The lowest BCUT2D eigenvalue weighted by Gasteiger charge is -2.01. The number of nitro benzene ring substituents is 1. The van der Waals surface area contributed by atoms with Gasteiger partial charge in [-0.2, -0.15) is 0 Å². The van der Waals surface area contributed by atoms with Gasteiger partial charge in [0.25, 0.3) is 11.2 Å². The van der Waals surface area contributed by atoms with Gasteiger partial charge >= 0.3 is 0 Å². The maximum Gasteiger partial charge on any atom is 0.280 e. The summed E-state index contributed by atoms with van der Waals surface area (Å²) in [4.78, 5) is 28.0. The Balaban J connectivity index is 2.07. The fourth-order valence-corrected chi connectivity index (χ4v) is 3.08. The minimum Gasteiger partial charge on any atom is -0.294 e. The third kappa shape index (κ3) is 4.04. The van der Waals surface area contributed by atoms with Gasteiger partial charge in [-0.05, 0) is 49.7 Å². The monoisotopic (exact) mass is 398 g/mol. The van der Waals surface area contributed by atoms with Gasteiger partial charge < -0.3 is 0 Å². The van der Waals surface area contributed by atoms with E-state index in [4.69, 9.17) is 11.6 Å². The highest BCUT2D eigenvalue weighted by Crippen LogP contribution is 2.19. The molecule has 8 heteroatoms. The van der Waals surface area contributed by atoms with Crippen LogP contribution in [0.15, 0.2) is 58.3 Å². The van der Waals surface area contributed by atoms with Crippen molar-refractivity contribution in [1.82, 2.24) is 9.78 Å². The topological polar surface area (TPSA) is 93.3 Å². The Labute approximate surface area is 166 Å². The zero-order valence-electron chi connectivity index (χ0n) is 15.5. The first kappa shape index (κ1) is 19.6. The van der Waals surface area contributed by atoms with Crippen molar-refractivity contribution in [3.05, 3.63) is 85.3 Å². The average molecular weight is 399 g/mol. The fourth-order valence-electron chi connectivity index (χ4n) is 2.96. The third-order valence-electron chi connectivity index (χ3n) is 4.27. The highest BCUT2D eigenvalue weighted by molar-refractivity contribution is 6.30. The third-order valence-corrected chi connectivity index (χ3v) is 4.52. The molecule has 0 fully saturated rings. The Bertz CT molecular complexity index is 1080. The van der Waals surface area contributed by atoms with Crippen molar-refractivity contribution in [2.75, 3.05) is 0 Å². The second-order valence-electron chi connectivity index (χ2n) is 6.30. The Morgan fingerprint density at radius 3 is 2.39 bits per heavy atom. The number of nitrogens with one attached hydrogen (secondary N) is 1. The van der Waals surface area contributed by atoms with Gasteiger partial charge in [-0.25, -0.2) is 4.68 Å². The largest absolute Gasteiger partial charge is 0.294 e. The highest BCUT2D eigenvalue weighted by Gasteiger charge is 2.18. The zero-order chi connectivity index (χ0) is 20.3. The Hall–Kier alpha value is -3.19. The summed E-state index contributed by atoms with van der Waals surface area (Å²) in [7, 11) is 0. The zero-order valence-corrected chi connectivity index (χ0v) is 16.2. The van der Waals surface area contributed by atoms with Crippen LogP contribution >= 0.6 is 11.6 Å². The van der Waals surface area contributed by atoms with Gasteiger partial charge in [-0.1, -0.05) is 24.9 Å². The molecular weight excluding hydrogens is 380 g/mol. The molecule has 0 atom stereocenters. The number of aryl methyl sites for hydroxylation is 1. The number of benzene rings is 2. The first-order valence-corrected chi connectivity index (χ1v) is 9.18. The Morgan fingerprint density at radius 1 is 1.18 bits per heavy atom. The number of hydrogen-bond donors (Lipinski definition) is 1. The average Bonchev–Trinajstić information content (AvgIpc) is 3.00. The van der Waals surface area contributed by atoms with Gasteiger partial charge in [0.1, 0.15) is 0 Å². The first-order chi connectivity index (χ1) is 13.4. The predicted molar refractivity (Wildman–Crippen MR) is 110 cm³/mol. The van der Waals surface area contributed by atoms with Crippen LogP contribution in [0.3, 0.4) is 0 Å². The Morgan fingerprint density at radius 2 is 1.82 bits per heavy atom. The van der Waals surface area contributed by atoms with Crippen molar-refractivity contribution < 1.29 is 4.92 Å². The highest BCUT2D eigenvalue weighted by atomic mass is 35.5. The number of non-ortho nitro benzene ring substituents is 1. The summed E-state index contributed by atoms with van der Waals surface area (Å²) in [6.07, 6.45) is 1.53. The van der Waals surface area contributed by atoms with Gasteiger partial charge in [0.2, 0.25) is 0 Å². The predicted octanol–water partition coefficient (Wildman–Crippen LogP) is 4.82. The minimum atomic E-state index is -0.474. The number of aromatic nitrogens is 2. The number of halogens is 1. The molecule has 7 nitrogen and oxygen atoms in total. The van der Waals surface area contributed by atoms with E-state index in [9.17, 15) is 14.9 Å². The maximum atomic E-state index is 13.1. The number of rotatable bonds is 6. The number of hydrogen-bond acceptors (Lipinski definition) is 4. The molecule has 1 N–H and O–H groups in total. The van der Waals surface area contributed by atoms with Crippen LogP contribution in [0.2, 0.25) is 5.02 Å². The van der Waals surface area contributed by atoms with Crippen LogP contribution in [0, 0.1) is 10.1 Å². The van der Waals surface area contributed by atoms with Gasteiger partial charge in [0.15, 0.2) is 0 Å². The van der Waals surface area contributed by atoms with Crippen molar-refractivity contribution in [2.24, 2.45) is 4.99 Å². The summed E-state index contributed by atoms with van der Waals surface area (Å²) in [6, 6.07) is 12.9. The number of nitro groups is 1. The molecule has 0 saturated heterocycles. The summed E-state index contributed by atoms with van der Waals surface area (Å²) < 4.78 is 1.39. The quantitative estimate of drug-likeness (QED) is 0.366. The van der Waals surface area contributed by atoms with Crippen molar-refractivity contribution >= 4 is 28.7 Å². The number of H-pyrrole nitrogens is 1. The van der Waals surface area contributed by atoms with Crippen molar-refractivity contribution in [3.63, 3.8) is 0 Å². The molecule has 2 aromatic carbocycles. The molecule has 1 aromatic heterocycles. The van der Waals surface area contributed by atoms with Crippen molar-refractivity contribution in [3.8, 4) is 5.69 Å². The normalized spacial score (nSPS) is 11.6. The smallest absolute Gasteiger partial charge is 0.280 e. The minimum absolute atomic E-state index is 0.0298. The number of aliphatic imine (C=N–C) groups is 1.